The van der Waals surface area contributed by atoms with Gasteiger partial charge in [0.25, 0.3) is 0 Å². The molecule has 1 aromatic carbocycles. The molecule has 0 radical (unpaired) electrons. The van der Waals surface area contributed by atoms with Crippen LogP contribution in [-0.4, -0.2) is 24.8 Å². The molecule has 0 amide bonds. The minimum atomic E-state index is 0.143. The minimum absolute atomic E-state index is 0.143. The fourth-order valence-corrected chi connectivity index (χ4v) is 1.74. The van der Waals surface area contributed by atoms with Crippen LogP contribution in [-0.2, 0) is 6.54 Å². The Morgan fingerprint density at radius 1 is 1.47 bits per heavy atom. The molecular weight excluding hydrogens is 212 g/mol. The molecule has 0 saturated carbocycles. The van der Waals surface area contributed by atoms with Gasteiger partial charge in [0.05, 0.1) is 6.61 Å². The maximum absolute atomic E-state index is 8.90. The standard InChI is InChI=1S/C11H17ClN2O/c1-2-14(5-6-15)10-4-3-9(8-13)11(12)7-10/h3-4,7,15H,2,5-6,8,13H2,1H3. The molecule has 3 N–H and O–H groups in total. The molecule has 0 spiro atoms. The quantitative estimate of drug-likeness (QED) is 0.805. The first kappa shape index (κ1) is 12.3. The van der Waals surface area contributed by atoms with Gasteiger partial charge in [0.2, 0.25) is 0 Å². The first-order valence-electron chi connectivity index (χ1n) is 5.07. The summed E-state index contributed by atoms with van der Waals surface area (Å²) in [6.07, 6.45) is 0. The van der Waals surface area contributed by atoms with Crippen LogP contribution in [0.5, 0.6) is 0 Å². The second-order valence-electron chi connectivity index (χ2n) is 3.28. The summed E-state index contributed by atoms with van der Waals surface area (Å²) in [5.41, 5.74) is 7.50. The fraction of sp³-hybridized carbons (Fsp3) is 0.455. The summed E-state index contributed by atoms with van der Waals surface area (Å²) in [4.78, 5) is 2.06. The lowest BCUT2D eigenvalue weighted by molar-refractivity contribution is 0.302. The Labute approximate surface area is 95.5 Å². The van der Waals surface area contributed by atoms with Crippen molar-refractivity contribution in [1.82, 2.24) is 0 Å². The number of benzene rings is 1. The Morgan fingerprint density at radius 3 is 2.67 bits per heavy atom. The average Bonchev–Trinajstić information content (AvgIpc) is 2.25. The molecule has 0 fully saturated rings. The van der Waals surface area contributed by atoms with Crippen molar-refractivity contribution in [1.29, 1.82) is 0 Å². The molecule has 0 heterocycles. The van der Waals surface area contributed by atoms with E-state index in [2.05, 4.69) is 4.90 Å². The van der Waals surface area contributed by atoms with Gasteiger partial charge in [-0.25, -0.2) is 0 Å². The van der Waals surface area contributed by atoms with E-state index in [-0.39, 0.29) is 6.61 Å². The highest BCUT2D eigenvalue weighted by atomic mass is 35.5. The number of hydrogen-bond donors (Lipinski definition) is 2. The van der Waals surface area contributed by atoms with Gasteiger partial charge in [0.1, 0.15) is 0 Å². The average molecular weight is 229 g/mol. The number of rotatable bonds is 5. The van der Waals surface area contributed by atoms with Crippen molar-refractivity contribution in [3.8, 4) is 0 Å². The van der Waals surface area contributed by atoms with Gasteiger partial charge in [0.15, 0.2) is 0 Å². The van der Waals surface area contributed by atoms with Crippen LogP contribution in [0.2, 0.25) is 5.02 Å². The molecule has 0 atom stereocenters. The van der Waals surface area contributed by atoms with E-state index in [9.17, 15) is 0 Å². The highest BCUT2D eigenvalue weighted by Crippen LogP contribution is 2.23. The highest BCUT2D eigenvalue weighted by Gasteiger charge is 2.06. The van der Waals surface area contributed by atoms with E-state index in [1.165, 1.54) is 0 Å². The third kappa shape index (κ3) is 3.09. The Balaban J connectivity index is 2.89. The lowest BCUT2D eigenvalue weighted by Gasteiger charge is -2.22. The van der Waals surface area contributed by atoms with Crippen molar-refractivity contribution in [2.24, 2.45) is 5.73 Å². The van der Waals surface area contributed by atoms with Crippen LogP contribution in [0.1, 0.15) is 12.5 Å². The van der Waals surface area contributed by atoms with Gasteiger partial charge in [-0.15, -0.1) is 0 Å². The van der Waals surface area contributed by atoms with E-state index < -0.39 is 0 Å². The number of aliphatic hydroxyl groups excluding tert-OH is 1. The second-order valence-corrected chi connectivity index (χ2v) is 3.69. The normalized spacial score (nSPS) is 10.4. The van der Waals surface area contributed by atoms with Crippen LogP contribution in [0.25, 0.3) is 0 Å². The summed E-state index contributed by atoms with van der Waals surface area (Å²) < 4.78 is 0. The number of hydrogen-bond acceptors (Lipinski definition) is 3. The Bertz CT molecular complexity index is 317. The number of nitrogens with two attached hydrogens (primary N) is 1. The van der Waals surface area contributed by atoms with Crippen molar-refractivity contribution in [3.05, 3.63) is 28.8 Å². The van der Waals surface area contributed by atoms with E-state index in [0.717, 1.165) is 17.8 Å². The van der Waals surface area contributed by atoms with Gasteiger partial charge in [0, 0.05) is 30.3 Å². The smallest absolute Gasteiger partial charge is 0.0606 e. The van der Waals surface area contributed by atoms with Gasteiger partial charge < -0.3 is 15.7 Å². The zero-order chi connectivity index (χ0) is 11.3. The molecular formula is C11H17ClN2O. The topological polar surface area (TPSA) is 49.5 Å². The molecule has 0 bridgehead atoms. The molecule has 3 nitrogen and oxygen atoms in total. The summed E-state index contributed by atoms with van der Waals surface area (Å²) in [6, 6.07) is 5.80. The Hall–Kier alpha value is -0.770. The lowest BCUT2D eigenvalue weighted by atomic mass is 10.2. The predicted molar refractivity (Wildman–Crippen MR) is 64.3 cm³/mol. The van der Waals surface area contributed by atoms with E-state index in [4.69, 9.17) is 22.4 Å². The van der Waals surface area contributed by atoms with E-state index in [1.54, 1.807) is 0 Å². The van der Waals surface area contributed by atoms with Gasteiger partial charge in [-0.2, -0.15) is 0 Å². The molecule has 0 aliphatic heterocycles. The SMILES string of the molecule is CCN(CCO)c1ccc(CN)c(Cl)c1. The summed E-state index contributed by atoms with van der Waals surface area (Å²) in [5, 5.41) is 9.59. The summed E-state index contributed by atoms with van der Waals surface area (Å²) in [7, 11) is 0. The van der Waals surface area contributed by atoms with Gasteiger partial charge in [-0.1, -0.05) is 17.7 Å². The number of aliphatic hydroxyl groups is 1. The summed E-state index contributed by atoms with van der Waals surface area (Å²) in [6.45, 7) is 4.10. The maximum atomic E-state index is 8.90. The van der Waals surface area contributed by atoms with Gasteiger partial charge >= 0.3 is 0 Å². The summed E-state index contributed by atoms with van der Waals surface area (Å²) in [5.74, 6) is 0. The molecule has 0 aromatic heterocycles. The highest BCUT2D eigenvalue weighted by molar-refractivity contribution is 6.31. The van der Waals surface area contributed by atoms with Crippen LogP contribution < -0.4 is 10.6 Å². The Kier molecular flexibility index (Phi) is 4.88. The molecule has 15 heavy (non-hydrogen) atoms. The third-order valence-electron chi connectivity index (χ3n) is 2.37. The molecule has 1 aromatic rings. The van der Waals surface area contributed by atoms with Crippen molar-refractivity contribution < 1.29 is 5.11 Å². The number of nitrogens with zero attached hydrogens (tertiary/aromatic N) is 1. The molecule has 0 unspecified atom stereocenters. The lowest BCUT2D eigenvalue weighted by Crippen LogP contribution is -2.26. The van der Waals surface area contributed by atoms with E-state index >= 15 is 0 Å². The second kappa shape index (κ2) is 5.95. The monoisotopic (exact) mass is 228 g/mol. The van der Waals surface area contributed by atoms with Crippen LogP contribution >= 0.6 is 11.6 Å². The molecule has 0 aliphatic carbocycles. The number of likely N-dealkylation sites (N-methyl/N-ethyl adjacent to an activating group) is 1. The Morgan fingerprint density at radius 2 is 2.20 bits per heavy atom. The van der Waals surface area contributed by atoms with Crippen LogP contribution in [0, 0.1) is 0 Å². The van der Waals surface area contributed by atoms with Crippen LogP contribution in [0.3, 0.4) is 0 Å². The molecule has 4 heteroatoms. The number of halogens is 1. The fourth-order valence-electron chi connectivity index (χ4n) is 1.49. The van der Waals surface area contributed by atoms with Crippen LogP contribution in [0.15, 0.2) is 18.2 Å². The van der Waals surface area contributed by atoms with Gasteiger partial charge in [-0.05, 0) is 24.6 Å². The maximum Gasteiger partial charge on any atom is 0.0606 e. The molecule has 84 valence electrons. The largest absolute Gasteiger partial charge is 0.395 e. The van der Waals surface area contributed by atoms with Gasteiger partial charge in [-0.3, -0.25) is 0 Å². The summed E-state index contributed by atoms with van der Waals surface area (Å²) >= 11 is 6.06. The zero-order valence-corrected chi connectivity index (χ0v) is 9.67. The predicted octanol–water partition coefficient (Wildman–Crippen LogP) is 1.62. The van der Waals surface area contributed by atoms with Crippen molar-refractivity contribution in [3.63, 3.8) is 0 Å². The van der Waals surface area contributed by atoms with E-state index in [1.807, 2.05) is 25.1 Å². The molecule has 0 aliphatic rings. The minimum Gasteiger partial charge on any atom is -0.395 e. The molecule has 0 saturated heterocycles. The first-order chi connectivity index (χ1) is 7.22. The first-order valence-corrected chi connectivity index (χ1v) is 5.45. The van der Waals surface area contributed by atoms with Crippen molar-refractivity contribution in [2.45, 2.75) is 13.5 Å². The molecule has 1 rings (SSSR count). The van der Waals surface area contributed by atoms with Crippen molar-refractivity contribution in [2.75, 3.05) is 24.6 Å². The van der Waals surface area contributed by atoms with E-state index in [0.29, 0.717) is 18.1 Å². The zero-order valence-electron chi connectivity index (χ0n) is 8.91. The van der Waals surface area contributed by atoms with Crippen molar-refractivity contribution >= 4 is 17.3 Å². The number of anilines is 1. The van der Waals surface area contributed by atoms with Crippen LogP contribution in [0.4, 0.5) is 5.69 Å². The third-order valence-corrected chi connectivity index (χ3v) is 2.73.